The maximum Gasteiger partial charge on any atom is 0.231 e. The molecule has 0 saturated carbocycles. The number of rotatable bonds is 3. The summed E-state index contributed by atoms with van der Waals surface area (Å²) in [6.45, 7) is 0.263. The lowest BCUT2D eigenvalue weighted by Crippen LogP contribution is -1.96. The second-order valence-electron chi connectivity index (χ2n) is 3.25. The van der Waals surface area contributed by atoms with E-state index in [9.17, 15) is 5.11 Å². The molecule has 0 atom stereocenters. The molecule has 2 N–H and O–H groups in total. The van der Waals surface area contributed by atoms with Crippen LogP contribution in [0.1, 0.15) is 12.0 Å². The fourth-order valence-electron chi connectivity index (χ4n) is 1.55. The van der Waals surface area contributed by atoms with Crippen LogP contribution in [0.3, 0.4) is 0 Å². The molecule has 0 radical (unpaired) electrons. The molecule has 15 heavy (non-hydrogen) atoms. The molecule has 0 bridgehead atoms. The van der Waals surface area contributed by atoms with Crippen LogP contribution in [0.25, 0.3) is 0 Å². The molecule has 5 heteroatoms. The first-order valence-electron chi connectivity index (χ1n) is 4.65. The van der Waals surface area contributed by atoms with Crippen molar-refractivity contribution in [3.63, 3.8) is 0 Å². The molecule has 0 saturated heterocycles. The Labute approximate surface area is 95.6 Å². The van der Waals surface area contributed by atoms with E-state index >= 15 is 0 Å². The molecule has 0 aliphatic carbocycles. The Morgan fingerprint density at radius 3 is 2.93 bits per heavy atom. The number of halogens is 1. The number of fused-ring (bicyclic) bond motifs is 1. The zero-order valence-corrected chi connectivity index (χ0v) is 9.58. The third-order valence-corrected chi connectivity index (χ3v) is 2.87. The van der Waals surface area contributed by atoms with Gasteiger partial charge in [-0.15, -0.1) is 0 Å². The predicted molar refractivity (Wildman–Crippen MR) is 57.3 cm³/mol. The fraction of sp³-hybridized carbons (Fsp3) is 0.400. The minimum atomic E-state index is 0.0849. The average Bonchev–Trinajstić information content (AvgIpc) is 2.66. The highest BCUT2D eigenvalue weighted by Crippen LogP contribution is 2.45. The van der Waals surface area contributed by atoms with Crippen molar-refractivity contribution in [3.8, 4) is 17.2 Å². The standard InChI is InChI=1S/C10H11BrO4/c11-7-4-8-10(15-5-14-8)6(9(7)13)2-1-3-12/h4,12-13H,1-3,5H2. The van der Waals surface area contributed by atoms with E-state index in [2.05, 4.69) is 15.9 Å². The minimum absolute atomic E-state index is 0.0849. The van der Waals surface area contributed by atoms with Crippen molar-refractivity contribution in [1.29, 1.82) is 0 Å². The maximum atomic E-state index is 9.82. The van der Waals surface area contributed by atoms with Crippen molar-refractivity contribution >= 4 is 15.9 Å². The molecule has 1 aromatic rings. The number of phenolic OH excluding ortho intramolecular Hbond substituents is 1. The summed E-state index contributed by atoms with van der Waals surface area (Å²) >= 11 is 3.24. The summed E-state index contributed by atoms with van der Waals surface area (Å²) in [5.74, 6) is 1.38. The molecule has 0 spiro atoms. The molecule has 1 heterocycles. The van der Waals surface area contributed by atoms with E-state index in [0.717, 1.165) is 0 Å². The maximum absolute atomic E-state index is 9.82. The van der Waals surface area contributed by atoms with Gasteiger partial charge in [0.2, 0.25) is 6.79 Å². The lowest BCUT2D eigenvalue weighted by atomic mass is 10.1. The lowest BCUT2D eigenvalue weighted by molar-refractivity contribution is 0.173. The van der Waals surface area contributed by atoms with E-state index < -0.39 is 0 Å². The summed E-state index contributed by atoms with van der Waals surface area (Å²) < 4.78 is 11.1. The second kappa shape index (κ2) is 4.28. The monoisotopic (exact) mass is 274 g/mol. The highest BCUT2D eigenvalue weighted by Gasteiger charge is 2.22. The molecule has 0 amide bonds. The summed E-state index contributed by atoms with van der Waals surface area (Å²) in [6, 6.07) is 1.68. The molecule has 2 rings (SSSR count). The number of aliphatic hydroxyl groups is 1. The van der Waals surface area contributed by atoms with Gasteiger partial charge in [0.05, 0.1) is 4.47 Å². The summed E-state index contributed by atoms with van der Waals surface area (Å²) in [5.41, 5.74) is 0.686. The zero-order chi connectivity index (χ0) is 10.8. The van der Waals surface area contributed by atoms with Gasteiger partial charge in [0.25, 0.3) is 0 Å². The molecule has 1 aromatic carbocycles. The van der Waals surface area contributed by atoms with Gasteiger partial charge in [0.1, 0.15) is 5.75 Å². The number of aliphatic hydroxyl groups excluding tert-OH is 1. The Morgan fingerprint density at radius 2 is 2.20 bits per heavy atom. The lowest BCUT2D eigenvalue weighted by Gasteiger charge is -2.09. The first-order chi connectivity index (χ1) is 7.24. The average molecular weight is 275 g/mol. The van der Waals surface area contributed by atoms with Crippen LogP contribution >= 0.6 is 15.9 Å². The van der Waals surface area contributed by atoms with Crippen molar-refractivity contribution in [2.45, 2.75) is 12.8 Å². The number of hydrogen-bond acceptors (Lipinski definition) is 4. The summed E-state index contributed by atoms with van der Waals surface area (Å²) in [7, 11) is 0. The number of phenols is 1. The first-order valence-corrected chi connectivity index (χ1v) is 5.44. The van der Waals surface area contributed by atoms with Gasteiger partial charge in [0, 0.05) is 18.2 Å². The normalized spacial score (nSPS) is 13.2. The van der Waals surface area contributed by atoms with Crippen LogP contribution in [-0.4, -0.2) is 23.6 Å². The van der Waals surface area contributed by atoms with E-state index in [4.69, 9.17) is 14.6 Å². The van der Waals surface area contributed by atoms with Gasteiger partial charge < -0.3 is 19.7 Å². The van der Waals surface area contributed by atoms with E-state index in [-0.39, 0.29) is 19.1 Å². The molecule has 82 valence electrons. The number of aromatic hydroxyl groups is 1. The Bertz CT molecular complexity index is 378. The van der Waals surface area contributed by atoms with Gasteiger partial charge in [-0.3, -0.25) is 0 Å². The Balaban J connectivity index is 2.41. The zero-order valence-electron chi connectivity index (χ0n) is 7.99. The van der Waals surface area contributed by atoms with Crippen LogP contribution in [0.4, 0.5) is 0 Å². The molecule has 0 fully saturated rings. The van der Waals surface area contributed by atoms with Crippen molar-refractivity contribution in [3.05, 3.63) is 16.1 Å². The molecule has 1 aliphatic rings. The molecular weight excluding hydrogens is 264 g/mol. The highest BCUT2D eigenvalue weighted by molar-refractivity contribution is 9.10. The number of ether oxygens (including phenoxy) is 2. The topological polar surface area (TPSA) is 58.9 Å². The fourth-order valence-corrected chi connectivity index (χ4v) is 2.00. The van der Waals surface area contributed by atoms with Gasteiger partial charge in [-0.1, -0.05) is 0 Å². The van der Waals surface area contributed by atoms with Gasteiger partial charge in [0.15, 0.2) is 11.5 Å². The molecule has 1 aliphatic heterocycles. The van der Waals surface area contributed by atoms with Gasteiger partial charge in [-0.05, 0) is 28.8 Å². The van der Waals surface area contributed by atoms with E-state index in [1.165, 1.54) is 0 Å². The molecule has 0 aromatic heterocycles. The van der Waals surface area contributed by atoms with Crippen molar-refractivity contribution in [2.24, 2.45) is 0 Å². The third kappa shape index (κ3) is 1.89. The summed E-state index contributed by atoms with van der Waals surface area (Å²) in [5, 5.41) is 18.6. The molecule has 0 unspecified atom stereocenters. The highest BCUT2D eigenvalue weighted by atomic mass is 79.9. The smallest absolute Gasteiger partial charge is 0.231 e. The number of hydrogen-bond donors (Lipinski definition) is 2. The first kappa shape index (κ1) is 10.6. The van der Waals surface area contributed by atoms with E-state index in [1.54, 1.807) is 6.07 Å². The van der Waals surface area contributed by atoms with Gasteiger partial charge in [-0.2, -0.15) is 0 Å². The quantitative estimate of drug-likeness (QED) is 0.883. The second-order valence-corrected chi connectivity index (χ2v) is 4.10. The molecule has 4 nitrogen and oxygen atoms in total. The Morgan fingerprint density at radius 1 is 1.40 bits per heavy atom. The van der Waals surface area contributed by atoms with Crippen LogP contribution in [-0.2, 0) is 6.42 Å². The van der Waals surface area contributed by atoms with Gasteiger partial charge in [-0.25, -0.2) is 0 Å². The Hall–Kier alpha value is -0.940. The summed E-state index contributed by atoms with van der Waals surface area (Å²) in [6.07, 6.45) is 1.15. The van der Waals surface area contributed by atoms with Crippen LogP contribution in [0.2, 0.25) is 0 Å². The van der Waals surface area contributed by atoms with Gasteiger partial charge >= 0.3 is 0 Å². The van der Waals surface area contributed by atoms with Crippen molar-refractivity contribution < 1.29 is 19.7 Å². The third-order valence-electron chi connectivity index (χ3n) is 2.27. The molecular formula is C10H11BrO4. The summed E-state index contributed by atoms with van der Waals surface area (Å²) in [4.78, 5) is 0. The van der Waals surface area contributed by atoms with Crippen molar-refractivity contribution in [2.75, 3.05) is 13.4 Å². The Kier molecular flexibility index (Phi) is 3.02. The van der Waals surface area contributed by atoms with Crippen LogP contribution in [0.5, 0.6) is 17.2 Å². The SMILES string of the molecule is OCCCc1c(O)c(Br)cc2c1OCO2. The van der Waals surface area contributed by atoms with Crippen LogP contribution < -0.4 is 9.47 Å². The van der Waals surface area contributed by atoms with Crippen LogP contribution in [0.15, 0.2) is 10.5 Å². The van der Waals surface area contributed by atoms with E-state index in [0.29, 0.717) is 34.4 Å². The predicted octanol–water partition coefficient (Wildman–Crippen LogP) is 1.81. The largest absolute Gasteiger partial charge is 0.506 e. The minimum Gasteiger partial charge on any atom is -0.506 e. The van der Waals surface area contributed by atoms with E-state index in [1.807, 2.05) is 0 Å². The number of benzene rings is 1. The van der Waals surface area contributed by atoms with Crippen molar-refractivity contribution in [1.82, 2.24) is 0 Å². The van der Waals surface area contributed by atoms with Crippen LogP contribution in [0, 0.1) is 0 Å².